The number of hydrogen-bond acceptors (Lipinski definition) is 5. The number of amides is 1. The molecule has 1 aromatic heterocycles. The van der Waals surface area contributed by atoms with Crippen molar-refractivity contribution in [2.75, 3.05) is 17.6 Å². The summed E-state index contributed by atoms with van der Waals surface area (Å²) in [5.41, 5.74) is 10.9. The van der Waals surface area contributed by atoms with Gasteiger partial charge in [-0.25, -0.2) is 4.98 Å². The maximum Gasteiger partial charge on any atom is 0.260 e. The number of nitrogens with zero attached hydrogens (tertiary/aromatic N) is 1. The highest BCUT2D eigenvalue weighted by Gasteiger charge is 2.24. The lowest BCUT2D eigenvalue weighted by Crippen LogP contribution is -2.37. The van der Waals surface area contributed by atoms with Crippen LogP contribution in [0, 0.1) is 5.41 Å². The lowest BCUT2D eigenvalue weighted by atomic mass is 9.93. The maximum atomic E-state index is 11.9. The molecule has 1 aromatic carbocycles. The highest BCUT2D eigenvalue weighted by atomic mass is 16.1. The van der Waals surface area contributed by atoms with Crippen LogP contribution in [-0.2, 0) is 4.79 Å². The minimum absolute atomic E-state index is 0.270. The van der Waals surface area contributed by atoms with Crippen molar-refractivity contribution in [1.29, 1.82) is 0 Å². The first-order valence-electron chi connectivity index (χ1n) is 6.13. The summed E-state index contributed by atoms with van der Waals surface area (Å²) in [5.74, 6) is -0.137. The van der Waals surface area contributed by atoms with Gasteiger partial charge in [-0.3, -0.25) is 14.6 Å². The molecule has 0 radical (unpaired) electrons. The van der Waals surface area contributed by atoms with E-state index in [9.17, 15) is 9.59 Å². The van der Waals surface area contributed by atoms with Gasteiger partial charge in [0.1, 0.15) is 0 Å². The number of carbonyl (C=O) groups excluding carboxylic acids is 1. The van der Waals surface area contributed by atoms with E-state index in [-0.39, 0.29) is 12.1 Å². The average Bonchev–Trinajstić information content (AvgIpc) is 2.37. The fourth-order valence-corrected chi connectivity index (χ4v) is 1.63. The molecule has 7 heteroatoms. The minimum atomic E-state index is -0.741. The number of aromatic nitrogens is 2. The summed E-state index contributed by atoms with van der Waals surface area (Å²) in [5, 5.41) is 3.34. The van der Waals surface area contributed by atoms with Gasteiger partial charge in [0, 0.05) is 12.2 Å². The van der Waals surface area contributed by atoms with Crippen LogP contribution in [0.1, 0.15) is 13.8 Å². The van der Waals surface area contributed by atoms with Crippen LogP contribution in [0.2, 0.25) is 0 Å². The molecule has 0 aliphatic carbocycles. The van der Waals surface area contributed by atoms with E-state index in [0.717, 1.165) is 0 Å². The smallest absolute Gasteiger partial charge is 0.260 e. The van der Waals surface area contributed by atoms with E-state index in [1.54, 1.807) is 32.0 Å². The second-order valence-corrected chi connectivity index (χ2v) is 5.29. The fourth-order valence-electron chi connectivity index (χ4n) is 1.63. The Morgan fingerprint density at radius 3 is 2.80 bits per heavy atom. The Hall–Kier alpha value is -2.57. The van der Waals surface area contributed by atoms with Crippen LogP contribution in [0.5, 0.6) is 0 Å². The summed E-state index contributed by atoms with van der Waals surface area (Å²) >= 11 is 0. The van der Waals surface area contributed by atoms with Gasteiger partial charge in [0.2, 0.25) is 11.9 Å². The second-order valence-electron chi connectivity index (χ2n) is 5.29. The molecule has 106 valence electrons. The summed E-state index contributed by atoms with van der Waals surface area (Å²) < 4.78 is 0. The first kappa shape index (κ1) is 13.9. The maximum absolute atomic E-state index is 11.9. The molecule has 0 atom stereocenters. The van der Waals surface area contributed by atoms with Crippen molar-refractivity contribution in [2.24, 2.45) is 11.1 Å². The Balaban J connectivity index is 2.31. The van der Waals surface area contributed by atoms with Crippen LogP contribution in [0.15, 0.2) is 23.0 Å². The Labute approximate surface area is 115 Å². The molecule has 0 saturated heterocycles. The van der Waals surface area contributed by atoms with Gasteiger partial charge < -0.3 is 16.8 Å². The summed E-state index contributed by atoms with van der Waals surface area (Å²) in [6.45, 7) is 3.69. The van der Waals surface area contributed by atoms with E-state index in [4.69, 9.17) is 11.5 Å². The number of primary amides is 1. The SMILES string of the molecule is CC(C)(CNc1nc2ccc(N)cc2c(=O)[nH]1)C(N)=O. The molecule has 2 rings (SSSR count). The number of aromatic amines is 1. The van der Waals surface area contributed by atoms with E-state index in [2.05, 4.69) is 15.3 Å². The number of nitrogen functional groups attached to an aromatic ring is 1. The number of nitrogens with two attached hydrogens (primary N) is 2. The zero-order chi connectivity index (χ0) is 14.9. The third-order valence-electron chi connectivity index (χ3n) is 3.09. The third kappa shape index (κ3) is 2.71. The molecule has 1 amide bonds. The van der Waals surface area contributed by atoms with Crippen molar-refractivity contribution in [1.82, 2.24) is 9.97 Å². The number of hydrogen-bond donors (Lipinski definition) is 4. The van der Waals surface area contributed by atoms with Crippen LogP contribution in [0.4, 0.5) is 11.6 Å². The molecule has 6 N–H and O–H groups in total. The lowest BCUT2D eigenvalue weighted by molar-refractivity contribution is -0.125. The lowest BCUT2D eigenvalue weighted by Gasteiger charge is -2.20. The second kappa shape index (κ2) is 4.84. The minimum Gasteiger partial charge on any atom is -0.399 e. The summed E-state index contributed by atoms with van der Waals surface area (Å²) in [4.78, 5) is 30.0. The van der Waals surface area contributed by atoms with Crippen LogP contribution in [0.3, 0.4) is 0 Å². The van der Waals surface area contributed by atoms with Gasteiger partial charge in [-0.05, 0) is 32.0 Å². The first-order valence-corrected chi connectivity index (χ1v) is 6.13. The van der Waals surface area contributed by atoms with Crippen molar-refractivity contribution < 1.29 is 4.79 Å². The normalized spacial score (nSPS) is 11.5. The molecule has 0 fully saturated rings. The fraction of sp³-hybridized carbons (Fsp3) is 0.308. The molecule has 0 bridgehead atoms. The van der Waals surface area contributed by atoms with E-state index in [1.165, 1.54) is 0 Å². The number of anilines is 2. The highest BCUT2D eigenvalue weighted by molar-refractivity contribution is 5.82. The molecule has 0 saturated carbocycles. The van der Waals surface area contributed by atoms with E-state index in [0.29, 0.717) is 22.5 Å². The van der Waals surface area contributed by atoms with Crippen LogP contribution >= 0.6 is 0 Å². The standard InChI is InChI=1S/C13H17N5O2/c1-13(2,11(15)20)6-16-12-17-9-4-3-7(14)5-8(9)10(19)18-12/h3-5H,6,14H2,1-2H3,(H2,15,20)(H2,16,17,18,19). The van der Waals surface area contributed by atoms with Crippen LogP contribution < -0.4 is 22.3 Å². The van der Waals surface area contributed by atoms with Crippen molar-refractivity contribution in [2.45, 2.75) is 13.8 Å². The average molecular weight is 275 g/mol. The van der Waals surface area contributed by atoms with Gasteiger partial charge in [0.05, 0.1) is 16.3 Å². The van der Waals surface area contributed by atoms with Crippen molar-refractivity contribution in [3.8, 4) is 0 Å². The number of H-pyrrole nitrogens is 1. The van der Waals surface area contributed by atoms with Gasteiger partial charge in [0.25, 0.3) is 5.56 Å². The van der Waals surface area contributed by atoms with E-state index in [1.807, 2.05) is 0 Å². The summed E-state index contributed by atoms with van der Waals surface area (Å²) in [7, 11) is 0. The number of fused-ring (bicyclic) bond motifs is 1. The highest BCUT2D eigenvalue weighted by Crippen LogP contribution is 2.16. The van der Waals surface area contributed by atoms with Gasteiger partial charge in [-0.1, -0.05) is 0 Å². The number of rotatable bonds is 4. The first-order chi connectivity index (χ1) is 9.29. The van der Waals surface area contributed by atoms with Crippen LogP contribution in [0.25, 0.3) is 10.9 Å². The molecule has 20 heavy (non-hydrogen) atoms. The Morgan fingerprint density at radius 1 is 1.45 bits per heavy atom. The predicted molar refractivity (Wildman–Crippen MR) is 78.2 cm³/mol. The number of benzene rings is 1. The molecule has 1 heterocycles. The van der Waals surface area contributed by atoms with Gasteiger partial charge in [0.15, 0.2) is 0 Å². The third-order valence-corrected chi connectivity index (χ3v) is 3.09. The molecule has 0 spiro atoms. The molecular weight excluding hydrogens is 258 g/mol. The number of carbonyl (C=O) groups is 1. The van der Waals surface area contributed by atoms with Gasteiger partial charge in [-0.15, -0.1) is 0 Å². The zero-order valence-electron chi connectivity index (χ0n) is 11.4. The van der Waals surface area contributed by atoms with Gasteiger partial charge >= 0.3 is 0 Å². The molecule has 0 aliphatic heterocycles. The largest absolute Gasteiger partial charge is 0.399 e. The van der Waals surface area contributed by atoms with Crippen molar-refractivity contribution in [3.05, 3.63) is 28.6 Å². The monoisotopic (exact) mass is 275 g/mol. The zero-order valence-corrected chi connectivity index (χ0v) is 11.4. The summed E-state index contributed by atoms with van der Waals surface area (Å²) in [6, 6.07) is 4.91. The van der Waals surface area contributed by atoms with Crippen molar-refractivity contribution >= 4 is 28.4 Å². The molecule has 7 nitrogen and oxygen atoms in total. The van der Waals surface area contributed by atoms with Crippen molar-refractivity contribution in [3.63, 3.8) is 0 Å². The molecule has 0 unspecified atom stereocenters. The summed E-state index contributed by atoms with van der Waals surface area (Å²) in [6.07, 6.45) is 0. The molecule has 2 aromatic rings. The Kier molecular flexibility index (Phi) is 3.35. The van der Waals surface area contributed by atoms with E-state index >= 15 is 0 Å². The van der Waals surface area contributed by atoms with E-state index < -0.39 is 11.3 Å². The predicted octanol–water partition coefficient (Wildman–Crippen LogP) is 0.429. The van der Waals surface area contributed by atoms with Gasteiger partial charge in [-0.2, -0.15) is 0 Å². The molecular formula is C13H17N5O2. The van der Waals surface area contributed by atoms with Crippen LogP contribution in [-0.4, -0.2) is 22.4 Å². The molecule has 0 aliphatic rings. The topological polar surface area (TPSA) is 127 Å². The Bertz CT molecular complexity index is 720. The quantitative estimate of drug-likeness (QED) is 0.602. The number of nitrogens with one attached hydrogen (secondary N) is 2. The Morgan fingerprint density at radius 2 is 2.15 bits per heavy atom.